The number of hydrogen-bond acceptors (Lipinski definition) is 7. The van der Waals surface area contributed by atoms with Gasteiger partial charge in [-0.1, -0.05) is 42.5 Å². The topological polar surface area (TPSA) is 95.9 Å². The van der Waals surface area contributed by atoms with Crippen LogP contribution in [-0.4, -0.2) is 37.2 Å². The average Bonchev–Trinajstić information content (AvgIpc) is 2.82. The number of aliphatic hydroxyl groups excluding tert-OH is 1. The van der Waals surface area contributed by atoms with Crippen LogP contribution in [0.2, 0.25) is 0 Å². The van der Waals surface area contributed by atoms with Crippen LogP contribution in [0.3, 0.4) is 0 Å². The Morgan fingerprint density at radius 1 is 0.806 bits per heavy atom. The Bertz CT molecular complexity index is 1160. The van der Waals surface area contributed by atoms with Gasteiger partial charge in [-0.15, -0.1) is 0 Å². The third-order valence-corrected chi connectivity index (χ3v) is 5.66. The molecule has 156 valence electrons. The third-order valence-electron chi connectivity index (χ3n) is 5.66. The Morgan fingerprint density at radius 3 is 2.32 bits per heavy atom. The zero-order chi connectivity index (χ0) is 21.0. The van der Waals surface area contributed by atoms with Gasteiger partial charge in [0.1, 0.15) is 17.4 Å². The standard InChI is InChI=1S/C24H24N6O/c31-20-12-10-19(11-13-20)29-24-25-14-21-22(30-24)23(27-15-26-21)28-18-8-6-17(7-9-18)16-4-2-1-3-5-16/h1-9,14-15,19-20,31H,10-13H2,(H,25,29,30)(H,26,27,28). The second kappa shape index (κ2) is 8.65. The van der Waals surface area contributed by atoms with Crippen LogP contribution in [0.1, 0.15) is 25.7 Å². The predicted molar refractivity (Wildman–Crippen MR) is 122 cm³/mol. The van der Waals surface area contributed by atoms with Crippen molar-refractivity contribution in [3.8, 4) is 11.1 Å². The van der Waals surface area contributed by atoms with E-state index in [4.69, 9.17) is 0 Å². The van der Waals surface area contributed by atoms with Crippen molar-refractivity contribution in [2.24, 2.45) is 0 Å². The predicted octanol–water partition coefficient (Wildman–Crippen LogP) is 4.55. The van der Waals surface area contributed by atoms with Crippen LogP contribution in [-0.2, 0) is 0 Å². The molecule has 0 spiro atoms. The highest BCUT2D eigenvalue weighted by molar-refractivity contribution is 5.87. The lowest BCUT2D eigenvalue weighted by Gasteiger charge is -2.26. The van der Waals surface area contributed by atoms with E-state index >= 15 is 0 Å². The maximum atomic E-state index is 9.71. The minimum atomic E-state index is -0.187. The molecule has 1 aliphatic rings. The van der Waals surface area contributed by atoms with Crippen molar-refractivity contribution >= 4 is 28.5 Å². The van der Waals surface area contributed by atoms with Crippen molar-refractivity contribution in [3.63, 3.8) is 0 Å². The maximum Gasteiger partial charge on any atom is 0.223 e. The molecule has 0 unspecified atom stereocenters. The molecule has 4 aromatic rings. The van der Waals surface area contributed by atoms with Gasteiger partial charge in [0, 0.05) is 11.7 Å². The third kappa shape index (κ3) is 4.46. The molecule has 0 atom stereocenters. The zero-order valence-electron chi connectivity index (χ0n) is 17.1. The normalized spacial score (nSPS) is 18.6. The van der Waals surface area contributed by atoms with Gasteiger partial charge in [-0.3, -0.25) is 0 Å². The molecule has 2 heterocycles. The summed E-state index contributed by atoms with van der Waals surface area (Å²) in [6, 6.07) is 18.8. The number of hydrogen-bond donors (Lipinski definition) is 3. The molecule has 0 aliphatic heterocycles. The molecule has 3 N–H and O–H groups in total. The van der Waals surface area contributed by atoms with Gasteiger partial charge < -0.3 is 15.7 Å². The lowest BCUT2D eigenvalue weighted by Crippen LogP contribution is -2.28. The quantitative estimate of drug-likeness (QED) is 0.443. The van der Waals surface area contributed by atoms with Crippen LogP contribution < -0.4 is 10.6 Å². The molecule has 5 rings (SSSR count). The summed E-state index contributed by atoms with van der Waals surface area (Å²) >= 11 is 0. The van der Waals surface area contributed by atoms with Gasteiger partial charge in [0.15, 0.2) is 5.82 Å². The second-order valence-electron chi connectivity index (χ2n) is 7.87. The van der Waals surface area contributed by atoms with E-state index in [0.717, 1.165) is 36.9 Å². The van der Waals surface area contributed by atoms with E-state index < -0.39 is 0 Å². The van der Waals surface area contributed by atoms with Crippen molar-refractivity contribution in [2.75, 3.05) is 10.6 Å². The summed E-state index contributed by atoms with van der Waals surface area (Å²) in [5.74, 6) is 1.20. The van der Waals surface area contributed by atoms with Gasteiger partial charge in [0.05, 0.1) is 12.3 Å². The molecular formula is C24H24N6O. The summed E-state index contributed by atoms with van der Waals surface area (Å²) in [5, 5.41) is 16.5. The van der Waals surface area contributed by atoms with E-state index in [1.54, 1.807) is 6.20 Å². The molecule has 1 aliphatic carbocycles. The molecule has 7 heteroatoms. The van der Waals surface area contributed by atoms with Crippen LogP contribution in [0.25, 0.3) is 22.2 Å². The molecule has 0 radical (unpaired) electrons. The van der Waals surface area contributed by atoms with Crippen LogP contribution in [0.15, 0.2) is 67.1 Å². The fourth-order valence-electron chi connectivity index (χ4n) is 3.93. The Labute approximate surface area is 180 Å². The zero-order valence-corrected chi connectivity index (χ0v) is 17.1. The largest absolute Gasteiger partial charge is 0.393 e. The highest BCUT2D eigenvalue weighted by Crippen LogP contribution is 2.26. The molecule has 2 aromatic heterocycles. The van der Waals surface area contributed by atoms with Gasteiger partial charge >= 0.3 is 0 Å². The average molecular weight is 412 g/mol. The lowest BCUT2D eigenvalue weighted by atomic mass is 9.93. The Morgan fingerprint density at radius 2 is 1.55 bits per heavy atom. The number of fused-ring (bicyclic) bond motifs is 1. The van der Waals surface area contributed by atoms with Gasteiger partial charge in [0.2, 0.25) is 5.95 Å². The summed E-state index contributed by atoms with van der Waals surface area (Å²) in [7, 11) is 0. The lowest BCUT2D eigenvalue weighted by molar-refractivity contribution is 0.126. The molecule has 1 fully saturated rings. The van der Waals surface area contributed by atoms with Crippen molar-refractivity contribution in [3.05, 3.63) is 67.1 Å². The van der Waals surface area contributed by atoms with Gasteiger partial charge in [-0.05, 0) is 48.9 Å². The van der Waals surface area contributed by atoms with Gasteiger partial charge in [0.25, 0.3) is 0 Å². The number of nitrogens with one attached hydrogen (secondary N) is 2. The van der Waals surface area contributed by atoms with E-state index in [1.807, 2.05) is 30.3 Å². The van der Waals surface area contributed by atoms with Crippen LogP contribution in [0.5, 0.6) is 0 Å². The van der Waals surface area contributed by atoms with E-state index in [1.165, 1.54) is 11.9 Å². The molecule has 2 aromatic carbocycles. The minimum Gasteiger partial charge on any atom is -0.393 e. The van der Waals surface area contributed by atoms with E-state index in [-0.39, 0.29) is 12.1 Å². The summed E-state index contributed by atoms with van der Waals surface area (Å²) in [5.41, 5.74) is 4.62. The van der Waals surface area contributed by atoms with Crippen molar-refractivity contribution in [2.45, 2.75) is 37.8 Å². The minimum absolute atomic E-state index is 0.187. The second-order valence-corrected chi connectivity index (χ2v) is 7.87. The first-order valence-corrected chi connectivity index (χ1v) is 10.6. The fourth-order valence-corrected chi connectivity index (χ4v) is 3.93. The van der Waals surface area contributed by atoms with E-state index in [2.05, 4.69) is 54.8 Å². The molecule has 1 saturated carbocycles. The highest BCUT2D eigenvalue weighted by Gasteiger charge is 2.20. The molecular weight excluding hydrogens is 388 g/mol. The number of benzene rings is 2. The Hall–Kier alpha value is -3.58. The van der Waals surface area contributed by atoms with Crippen molar-refractivity contribution in [1.82, 2.24) is 19.9 Å². The number of anilines is 3. The summed E-state index contributed by atoms with van der Waals surface area (Å²) in [6.07, 6.45) is 6.48. The maximum absolute atomic E-state index is 9.71. The van der Waals surface area contributed by atoms with Gasteiger partial charge in [-0.25, -0.2) is 19.9 Å². The Balaban J connectivity index is 1.36. The van der Waals surface area contributed by atoms with E-state index in [0.29, 0.717) is 22.8 Å². The van der Waals surface area contributed by atoms with Crippen LogP contribution >= 0.6 is 0 Å². The first kappa shape index (κ1) is 19.4. The number of aliphatic hydroxyl groups is 1. The van der Waals surface area contributed by atoms with Crippen molar-refractivity contribution < 1.29 is 5.11 Å². The van der Waals surface area contributed by atoms with Crippen molar-refractivity contribution in [1.29, 1.82) is 0 Å². The first-order valence-electron chi connectivity index (χ1n) is 10.6. The molecule has 31 heavy (non-hydrogen) atoms. The number of nitrogens with zero attached hydrogens (tertiary/aromatic N) is 4. The summed E-state index contributed by atoms with van der Waals surface area (Å²) in [4.78, 5) is 17.8. The van der Waals surface area contributed by atoms with Crippen LogP contribution in [0.4, 0.5) is 17.5 Å². The molecule has 0 bridgehead atoms. The highest BCUT2D eigenvalue weighted by atomic mass is 16.3. The summed E-state index contributed by atoms with van der Waals surface area (Å²) in [6.45, 7) is 0. The SMILES string of the molecule is OC1CCC(Nc2ncc3ncnc(Nc4ccc(-c5ccccc5)cc4)c3n2)CC1. The number of rotatable bonds is 5. The van der Waals surface area contributed by atoms with Gasteiger partial charge in [-0.2, -0.15) is 0 Å². The number of aromatic nitrogens is 4. The fraction of sp³-hybridized carbons (Fsp3) is 0.250. The first-order chi connectivity index (χ1) is 15.2. The summed E-state index contributed by atoms with van der Waals surface area (Å²) < 4.78 is 0. The smallest absolute Gasteiger partial charge is 0.223 e. The molecule has 7 nitrogen and oxygen atoms in total. The molecule has 0 amide bonds. The Kier molecular flexibility index (Phi) is 5.41. The monoisotopic (exact) mass is 412 g/mol. The molecule has 0 saturated heterocycles. The van der Waals surface area contributed by atoms with E-state index in [9.17, 15) is 5.11 Å². The van der Waals surface area contributed by atoms with Crippen LogP contribution in [0, 0.1) is 0 Å².